The Morgan fingerprint density at radius 1 is 1.25 bits per heavy atom. The van der Waals surface area contributed by atoms with E-state index in [0.717, 1.165) is 19.4 Å². The molecule has 0 bridgehead atoms. The number of morpholine rings is 1. The van der Waals surface area contributed by atoms with Gasteiger partial charge in [0.1, 0.15) is 23.4 Å². The third-order valence-electron chi connectivity index (χ3n) is 5.98. The molecule has 0 aromatic carbocycles. The van der Waals surface area contributed by atoms with E-state index in [1.54, 1.807) is 13.3 Å². The molecular formula is C24H39N7O5. The summed E-state index contributed by atoms with van der Waals surface area (Å²) < 4.78 is 11.2. The molecule has 0 radical (unpaired) electrons. The zero-order valence-corrected chi connectivity index (χ0v) is 20.8. The summed E-state index contributed by atoms with van der Waals surface area (Å²) in [4.78, 5) is 44.6. The minimum absolute atomic E-state index is 0. The number of anilines is 1. The summed E-state index contributed by atoms with van der Waals surface area (Å²) >= 11 is 0. The number of alkyl carbamates (subject to hydrolysis) is 1. The molecule has 2 fully saturated rings. The van der Waals surface area contributed by atoms with Crippen LogP contribution in [0.1, 0.15) is 51.4 Å². The van der Waals surface area contributed by atoms with E-state index in [9.17, 15) is 9.59 Å². The number of hydrogen-bond donors (Lipinski definition) is 3. The van der Waals surface area contributed by atoms with E-state index in [2.05, 4.69) is 30.5 Å². The van der Waals surface area contributed by atoms with Crippen LogP contribution in [0, 0.1) is 0 Å². The van der Waals surface area contributed by atoms with Gasteiger partial charge in [-0.15, -0.1) is 0 Å². The van der Waals surface area contributed by atoms with E-state index >= 15 is 0 Å². The molecule has 200 valence electrons. The Labute approximate surface area is 212 Å². The van der Waals surface area contributed by atoms with Gasteiger partial charge < -0.3 is 34.8 Å². The maximum Gasteiger partial charge on any atom is 0.407 e. The Hall–Kier alpha value is -2.96. The number of carbonyl (C=O) groups is 2. The third-order valence-corrected chi connectivity index (χ3v) is 5.98. The van der Waals surface area contributed by atoms with Gasteiger partial charge in [0.15, 0.2) is 0 Å². The predicted molar refractivity (Wildman–Crippen MR) is 136 cm³/mol. The Bertz CT molecular complexity index is 1040. The first-order chi connectivity index (χ1) is 16.7. The van der Waals surface area contributed by atoms with Gasteiger partial charge in [-0.1, -0.05) is 7.43 Å². The second-order valence-electron chi connectivity index (χ2n) is 9.83. The number of amides is 2. The molecule has 36 heavy (non-hydrogen) atoms. The number of fused-ring (bicyclic) bond motifs is 1. The van der Waals surface area contributed by atoms with Crippen molar-refractivity contribution >= 4 is 28.9 Å². The van der Waals surface area contributed by atoms with Gasteiger partial charge in [0.2, 0.25) is 0 Å². The summed E-state index contributed by atoms with van der Waals surface area (Å²) in [5, 5.41) is 8.42. The van der Waals surface area contributed by atoms with Gasteiger partial charge in [-0.2, -0.15) is 5.06 Å². The monoisotopic (exact) mass is 505 g/mol. The van der Waals surface area contributed by atoms with E-state index in [0.29, 0.717) is 55.2 Å². The van der Waals surface area contributed by atoms with Gasteiger partial charge in [-0.25, -0.2) is 14.8 Å². The molecule has 2 saturated heterocycles. The van der Waals surface area contributed by atoms with Crippen LogP contribution in [0.15, 0.2) is 12.5 Å². The SMILES string of the molecule is C.CON1CCCC(NC(=O)c2c[nH]c3ncnc(N4CCOC(CNC(=O)OC(C)(C)C)C4)c23)C1. The molecule has 0 aliphatic carbocycles. The summed E-state index contributed by atoms with van der Waals surface area (Å²) in [7, 11) is 1.64. The average molecular weight is 506 g/mol. The maximum atomic E-state index is 13.2. The van der Waals surface area contributed by atoms with Crippen LogP contribution in [0.3, 0.4) is 0 Å². The minimum Gasteiger partial charge on any atom is -0.444 e. The Morgan fingerprint density at radius 2 is 2.06 bits per heavy atom. The van der Waals surface area contributed by atoms with Crippen LogP contribution in [0.5, 0.6) is 0 Å². The molecule has 0 saturated carbocycles. The molecule has 2 atom stereocenters. The normalized spacial score (nSPS) is 21.1. The number of hydrogen-bond acceptors (Lipinski definition) is 9. The molecule has 2 aromatic heterocycles. The van der Waals surface area contributed by atoms with Crippen LogP contribution < -0.4 is 15.5 Å². The van der Waals surface area contributed by atoms with Crippen molar-refractivity contribution in [3.8, 4) is 0 Å². The van der Waals surface area contributed by atoms with Crippen molar-refractivity contribution in [2.24, 2.45) is 0 Å². The number of H-pyrrole nitrogens is 1. The zero-order valence-electron chi connectivity index (χ0n) is 20.8. The lowest BCUT2D eigenvalue weighted by Crippen LogP contribution is -2.48. The molecule has 3 N–H and O–H groups in total. The smallest absolute Gasteiger partial charge is 0.407 e. The number of hydroxylamine groups is 2. The summed E-state index contributed by atoms with van der Waals surface area (Å²) in [6, 6.07) is 0.000858. The van der Waals surface area contributed by atoms with Crippen LogP contribution in [0.4, 0.5) is 10.6 Å². The first-order valence-electron chi connectivity index (χ1n) is 12.0. The van der Waals surface area contributed by atoms with Crippen molar-refractivity contribution in [3.05, 3.63) is 18.1 Å². The molecule has 2 aliphatic heterocycles. The van der Waals surface area contributed by atoms with Crippen molar-refractivity contribution < 1.29 is 23.9 Å². The van der Waals surface area contributed by atoms with Gasteiger partial charge in [0, 0.05) is 45.0 Å². The second-order valence-corrected chi connectivity index (χ2v) is 9.83. The average Bonchev–Trinajstić information content (AvgIpc) is 3.26. The van der Waals surface area contributed by atoms with Crippen LogP contribution >= 0.6 is 0 Å². The molecule has 12 heteroatoms. The van der Waals surface area contributed by atoms with Crippen LogP contribution in [-0.4, -0.2) is 96.2 Å². The van der Waals surface area contributed by atoms with Gasteiger partial charge in [-0.3, -0.25) is 4.79 Å². The molecule has 2 aliphatic rings. The van der Waals surface area contributed by atoms with Gasteiger partial charge >= 0.3 is 6.09 Å². The fourth-order valence-corrected chi connectivity index (χ4v) is 4.40. The highest BCUT2D eigenvalue weighted by molar-refractivity contribution is 6.09. The maximum absolute atomic E-state index is 13.2. The summed E-state index contributed by atoms with van der Waals surface area (Å²) in [5.74, 6) is 0.487. The standard InChI is InChI=1S/C23H35N7O5.CH4/c1-23(2,3)35-22(32)25-10-16-13-29(8-9-34-16)20-18-17(11-24-19(18)26-14-27-20)21(31)28-15-6-5-7-30(12-15)33-4;/h11,14-16H,5-10,12-13H2,1-4H3,(H,25,32)(H,28,31)(H,24,26,27);1H4. The Balaban J connectivity index is 0.00000361. The van der Waals surface area contributed by atoms with E-state index < -0.39 is 11.7 Å². The lowest BCUT2D eigenvalue weighted by Gasteiger charge is -2.34. The second kappa shape index (κ2) is 11.8. The molecule has 2 aromatic rings. The Kier molecular flexibility index (Phi) is 9.09. The highest BCUT2D eigenvalue weighted by Gasteiger charge is 2.28. The minimum atomic E-state index is -0.569. The zero-order chi connectivity index (χ0) is 25.0. The fraction of sp³-hybridized carbons (Fsp3) is 0.667. The number of nitrogens with zero attached hydrogens (tertiary/aromatic N) is 4. The van der Waals surface area contributed by atoms with E-state index in [4.69, 9.17) is 14.3 Å². The van der Waals surface area contributed by atoms with E-state index in [1.165, 1.54) is 6.33 Å². The number of rotatable bonds is 6. The van der Waals surface area contributed by atoms with Gasteiger partial charge in [0.25, 0.3) is 5.91 Å². The summed E-state index contributed by atoms with van der Waals surface area (Å²) in [6.07, 6.45) is 4.27. The Morgan fingerprint density at radius 3 is 2.81 bits per heavy atom. The number of piperidine rings is 1. The molecule has 12 nitrogen and oxygen atoms in total. The van der Waals surface area contributed by atoms with Crippen LogP contribution in [0.25, 0.3) is 11.0 Å². The fourth-order valence-electron chi connectivity index (χ4n) is 4.40. The molecule has 0 spiro atoms. The largest absolute Gasteiger partial charge is 0.444 e. The highest BCUT2D eigenvalue weighted by Crippen LogP contribution is 2.28. The van der Waals surface area contributed by atoms with Crippen molar-refractivity contribution in [3.63, 3.8) is 0 Å². The summed E-state index contributed by atoms with van der Waals surface area (Å²) in [6.45, 7) is 8.82. The third kappa shape index (κ3) is 6.83. The number of aromatic amines is 1. The number of ether oxygens (including phenoxy) is 2. The van der Waals surface area contributed by atoms with Crippen LogP contribution in [-0.2, 0) is 14.3 Å². The predicted octanol–water partition coefficient (Wildman–Crippen LogP) is 2.08. The summed E-state index contributed by atoms with van der Waals surface area (Å²) in [5.41, 5.74) is 0.526. The highest BCUT2D eigenvalue weighted by atomic mass is 16.7. The molecule has 4 rings (SSSR count). The van der Waals surface area contributed by atoms with Gasteiger partial charge in [-0.05, 0) is 33.6 Å². The van der Waals surface area contributed by atoms with Gasteiger partial charge in [0.05, 0.1) is 30.8 Å². The van der Waals surface area contributed by atoms with Crippen LogP contribution in [0.2, 0.25) is 0 Å². The first-order valence-corrected chi connectivity index (χ1v) is 12.0. The van der Waals surface area contributed by atoms with Crippen molar-refractivity contribution in [1.29, 1.82) is 0 Å². The number of nitrogens with one attached hydrogen (secondary N) is 3. The number of aromatic nitrogens is 3. The molecular weight excluding hydrogens is 466 g/mol. The van der Waals surface area contributed by atoms with Crippen molar-refractivity contribution in [2.45, 2.75) is 58.8 Å². The molecule has 2 amide bonds. The molecule has 4 heterocycles. The lowest BCUT2D eigenvalue weighted by molar-refractivity contribution is -0.146. The molecule has 2 unspecified atom stereocenters. The van der Waals surface area contributed by atoms with Crippen molar-refractivity contribution in [1.82, 2.24) is 30.6 Å². The van der Waals surface area contributed by atoms with Crippen molar-refractivity contribution in [2.75, 3.05) is 51.3 Å². The quantitative estimate of drug-likeness (QED) is 0.539. The lowest BCUT2D eigenvalue weighted by atomic mass is 10.1. The number of carbonyl (C=O) groups excluding carboxylic acids is 2. The van der Waals surface area contributed by atoms with E-state index in [1.807, 2.05) is 25.8 Å². The first kappa shape index (κ1) is 27.6. The topological polar surface area (TPSA) is 134 Å². The van der Waals surface area contributed by atoms with E-state index in [-0.39, 0.29) is 25.5 Å².